The van der Waals surface area contributed by atoms with Crippen molar-refractivity contribution in [1.82, 2.24) is 4.90 Å². The Kier molecular flexibility index (Phi) is 6.47. The Morgan fingerprint density at radius 3 is 2.65 bits per heavy atom. The van der Waals surface area contributed by atoms with E-state index in [-0.39, 0.29) is 25.3 Å². The standard InChI is InChI=1S/C13H16F3NO3/c1-20-13(19)10-3-2-9(6-11(10)14)7-17(4-5-18)8-12(15)16/h2-3,6,12,18H,4-5,7-8H2,1H3. The first-order valence-corrected chi connectivity index (χ1v) is 5.96. The number of alkyl halides is 2. The fourth-order valence-electron chi connectivity index (χ4n) is 1.76. The predicted molar refractivity (Wildman–Crippen MR) is 66.1 cm³/mol. The number of halogens is 3. The molecule has 0 spiro atoms. The predicted octanol–water partition coefficient (Wildman–Crippen LogP) is 1.67. The van der Waals surface area contributed by atoms with Crippen molar-refractivity contribution < 1.29 is 27.8 Å². The number of carbonyl (C=O) groups excluding carboxylic acids is 1. The molecular formula is C13H16F3NO3. The lowest BCUT2D eigenvalue weighted by molar-refractivity contribution is 0.0595. The second kappa shape index (κ2) is 7.86. The van der Waals surface area contributed by atoms with E-state index >= 15 is 0 Å². The molecule has 0 saturated heterocycles. The molecule has 1 aromatic rings. The summed E-state index contributed by atoms with van der Waals surface area (Å²) in [6.07, 6.45) is -2.54. The minimum absolute atomic E-state index is 0.0588. The van der Waals surface area contributed by atoms with Crippen molar-refractivity contribution in [3.05, 3.63) is 35.1 Å². The Morgan fingerprint density at radius 1 is 1.45 bits per heavy atom. The highest BCUT2D eigenvalue weighted by atomic mass is 19.3. The first kappa shape index (κ1) is 16.5. The molecule has 1 rings (SSSR count). The SMILES string of the molecule is COC(=O)c1ccc(CN(CCO)CC(F)F)cc1F. The van der Waals surface area contributed by atoms with Gasteiger partial charge in [0.25, 0.3) is 6.43 Å². The molecule has 0 atom stereocenters. The number of ether oxygens (including phenoxy) is 1. The van der Waals surface area contributed by atoms with Crippen LogP contribution in [0.1, 0.15) is 15.9 Å². The van der Waals surface area contributed by atoms with Gasteiger partial charge in [0, 0.05) is 13.1 Å². The smallest absolute Gasteiger partial charge is 0.340 e. The molecule has 0 saturated carbocycles. The first-order valence-electron chi connectivity index (χ1n) is 5.96. The Balaban J connectivity index is 2.81. The maximum Gasteiger partial charge on any atom is 0.340 e. The largest absolute Gasteiger partial charge is 0.465 e. The molecule has 0 heterocycles. The Hall–Kier alpha value is -1.60. The number of methoxy groups -OCH3 is 1. The topological polar surface area (TPSA) is 49.8 Å². The zero-order chi connectivity index (χ0) is 15.1. The lowest BCUT2D eigenvalue weighted by Gasteiger charge is -2.20. The molecule has 1 N–H and O–H groups in total. The van der Waals surface area contributed by atoms with Gasteiger partial charge in [-0.1, -0.05) is 6.07 Å². The van der Waals surface area contributed by atoms with Crippen molar-refractivity contribution in [3.63, 3.8) is 0 Å². The molecule has 0 aliphatic carbocycles. The van der Waals surface area contributed by atoms with Crippen molar-refractivity contribution in [2.75, 3.05) is 26.8 Å². The van der Waals surface area contributed by atoms with E-state index in [1.54, 1.807) is 0 Å². The van der Waals surface area contributed by atoms with Gasteiger partial charge < -0.3 is 9.84 Å². The summed E-state index contributed by atoms with van der Waals surface area (Å²) in [5.41, 5.74) is 0.225. The summed E-state index contributed by atoms with van der Waals surface area (Å²) in [5, 5.41) is 8.81. The average Bonchev–Trinajstić information content (AvgIpc) is 2.37. The molecule has 7 heteroatoms. The van der Waals surface area contributed by atoms with E-state index < -0.39 is 24.8 Å². The van der Waals surface area contributed by atoms with E-state index in [0.717, 1.165) is 13.2 Å². The number of benzene rings is 1. The second-order valence-electron chi connectivity index (χ2n) is 4.16. The van der Waals surface area contributed by atoms with Gasteiger partial charge in [-0.3, -0.25) is 4.90 Å². The zero-order valence-corrected chi connectivity index (χ0v) is 11.0. The van der Waals surface area contributed by atoms with Crippen LogP contribution in [-0.4, -0.2) is 49.2 Å². The molecule has 0 amide bonds. The van der Waals surface area contributed by atoms with Crippen LogP contribution in [0.3, 0.4) is 0 Å². The number of carbonyl (C=O) groups is 1. The molecule has 0 unspecified atom stereocenters. The van der Waals surface area contributed by atoms with Crippen LogP contribution in [0.25, 0.3) is 0 Å². The maximum absolute atomic E-state index is 13.7. The summed E-state index contributed by atoms with van der Waals surface area (Å²) in [7, 11) is 1.14. The van der Waals surface area contributed by atoms with Crippen molar-refractivity contribution >= 4 is 5.97 Å². The van der Waals surface area contributed by atoms with E-state index in [4.69, 9.17) is 5.11 Å². The highest BCUT2D eigenvalue weighted by Gasteiger charge is 2.15. The van der Waals surface area contributed by atoms with Crippen LogP contribution >= 0.6 is 0 Å². The third-order valence-corrected chi connectivity index (χ3v) is 2.66. The zero-order valence-electron chi connectivity index (χ0n) is 11.0. The van der Waals surface area contributed by atoms with Crippen molar-refractivity contribution in [3.8, 4) is 0 Å². The first-order chi connectivity index (χ1) is 9.47. The van der Waals surface area contributed by atoms with E-state index in [1.807, 2.05) is 0 Å². The highest BCUT2D eigenvalue weighted by molar-refractivity contribution is 5.89. The van der Waals surface area contributed by atoms with Gasteiger partial charge in [0.2, 0.25) is 0 Å². The summed E-state index contributed by atoms with van der Waals surface area (Å²) in [6.45, 7) is -0.662. The lowest BCUT2D eigenvalue weighted by Crippen LogP contribution is -2.31. The number of hydrogen-bond acceptors (Lipinski definition) is 4. The normalized spacial score (nSPS) is 11.2. The fraction of sp³-hybridized carbons (Fsp3) is 0.462. The van der Waals surface area contributed by atoms with Gasteiger partial charge in [-0.15, -0.1) is 0 Å². The van der Waals surface area contributed by atoms with Crippen LogP contribution in [0.15, 0.2) is 18.2 Å². The van der Waals surface area contributed by atoms with Crippen LogP contribution in [-0.2, 0) is 11.3 Å². The van der Waals surface area contributed by atoms with Gasteiger partial charge >= 0.3 is 5.97 Å². The van der Waals surface area contributed by atoms with Crippen LogP contribution in [0.4, 0.5) is 13.2 Å². The van der Waals surface area contributed by atoms with Gasteiger partial charge in [0.05, 0.1) is 25.8 Å². The molecular weight excluding hydrogens is 275 g/mol. The van der Waals surface area contributed by atoms with Crippen LogP contribution < -0.4 is 0 Å². The molecule has 0 fully saturated rings. The molecule has 4 nitrogen and oxygen atoms in total. The Morgan fingerprint density at radius 2 is 2.15 bits per heavy atom. The summed E-state index contributed by atoms with van der Waals surface area (Å²) in [5.74, 6) is -1.57. The van der Waals surface area contributed by atoms with Gasteiger partial charge in [-0.2, -0.15) is 0 Å². The molecule has 0 aliphatic rings. The van der Waals surface area contributed by atoms with Crippen molar-refractivity contribution in [2.45, 2.75) is 13.0 Å². The monoisotopic (exact) mass is 291 g/mol. The maximum atomic E-state index is 13.7. The highest BCUT2D eigenvalue weighted by Crippen LogP contribution is 2.14. The molecule has 0 bridgehead atoms. The van der Waals surface area contributed by atoms with Crippen LogP contribution in [0.2, 0.25) is 0 Å². The fourth-order valence-corrected chi connectivity index (χ4v) is 1.76. The van der Waals surface area contributed by atoms with E-state index in [9.17, 15) is 18.0 Å². The number of aliphatic hydroxyl groups is 1. The second-order valence-corrected chi connectivity index (χ2v) is 4.16. The third kappa shape index (κ3) is 4.82. The third-order valence-electron chi connectivity index (χ3n) is 2.66. The lowest BCUT2D eigenvalue weighted by atomic mass is 10.1. The number of esters is 1. The van der Waals surface area contributed by atoms with Crippen LogP contribution in [0.5, 0.6) is 0 Å². The number of aliphatic hydroxyl groups excluding tert-OH is 1. The molecule has 20 heavy (non-hydrogen) atoms. The van der Waals surface area contributed by atoms with Crippen molar-refractivity contribution in [2.24, 2.45) is 0 Å². The summed E-state index contributed by atoms with van der Waals surface area (Å²) >= 11 is 0. The van der Waals surface area contributed by atoms with E-state index in [0.29, 0.717) is 5.56 Å². The van der Waals surface area contributed by atoms with Gasteiger partial charge in [0.15, 0.2) is 0 Å². The molecule has 0 radical (unpaired) electrons. The molecule has 0 aromatic heterocycles. The number of hydrogen-bond donors (Lipinski definition) is 1. The molecule has 112 valence electrons. The Labute approximate surface area is 114 Å². The van der Waals surface area contributed by atoms with E-state index in [2.05, 4.69) is 4.74 Å². The number of nitrogens with zero attached hydrogens (tertiary/aromatic N) is 1. The van der Waals surface area contributed by atoms with Gasteiger partial charge in [-0.25, -0.2) is 18.0 Å². The summed E-state index contributed by atoms with van der Waals surface area (Å²) in [6, 6.07) is 3.81. The summed E-state index contributed by atoms with van der Waals surface area (Å²) in [4.78, 5) is 12.5. The number of rotatable bonds is 7. The molecule has 1 aromatic carbocycles. The minimum atomic E-state index is -2.54. The quantitative estimate of drug-likeness (QED) is 0.776. The van der Waals surface area contributed by atoms with E-state index in [1.165, 1.54) is 17.0 Å². The van der Waals surface area contributed by atoms with Crippen LogP contribution in [0, 0.1) is 5.82 Å². The average molecular weight is 291 g/mol. The summed E-state index contributed by atoms with van der Waals surface area (Å²) < 4.78 is 42.8. The molecule has 0 aliphatic heterocycles. The van der Waals surface area contributed by atoms with Gasteiger partial charge in [-0.05, 0) is 17.7 Å². The van der Waals surface area contributed by atoms with Gasteiger partial charge in [0.1, 0.15) is 5.82 Å². The van der Waals surface area contributed by atoms with Crippen molar-refractivity contribution in [1.29, 1.82) is 0 Å². The minimum Gasteiger partial charge on any atom is -0.465 e. The Bertz CT molecular complexity index is 454.